The summed E-state index contributed by atoms with van der Waals surface area (Å²) in [7, 11) is 1.83. The third-order valence-electron chi connectivity index (χ3n) is 6.43. The van der Waals surface area contributed by atoms with E-state index in [-0.39, 0.29) is 12.1 Å². The van der Waals surface area contributed by atoms with Crippen molar-refractivity contribution in [3.05, 3.63) is 57.6 Å². The Morgan fingerprint density at radius 2 is 1.94 bits per heavy atom. The van der Waals surface area contributed by atoms with Crippen molar-refractivity contribution in [3.8, 4) is 5.75 Å². The Morgan fingerprint density at radius 3 is 2.66 bits per heavy atom. The lowest BCUT2D eigenvalue weighted by molar-refractivity contribution is 0.0532. The van der Waals surface area contributed by atoms with Crippen molar-refractivity contribution in [3.63, 3.8) is 0 Å². The molecule has 2 aromatic rings. The summed E-state index contributed by atoms with van der Waals surface area (Å²) in [6.07, 6.45) is 4.52. The molecule has 2 aliphatic rings. The monoisotopic (exact) mass is 475 g/mol. The fourth-order valence-corrected chi connectivity index (χ4v) is 4.96. The van der Waals surface area contributed by atoms with Crippen LogP contribution in [0, 0.1) is 12.8 Å². The van der Waals surface area contributed by atoms with Gasteiger partial charge in [-0.2, -0.15) is 0 Å². The van der Waals surface area contributed by atoms with Gasteiger partial charge < -0.3 is 15.0 Å². The van der Waals surface area contributed by atoms with E-state index in [0.29, 0.717) is 17.5 Å². The fraction of sp³-hybridized carbons (Fsp3) is 0.480. The van der Waals surface area contributed by atoms with Gasteiger partial charge in [0.25, 0.3) is 0 Å². The van der Waals surface area contributed by atoms with E-state index in [2.05, 4.69) is 16.3 Å². The summed E-state index contributed by atoms with van der Waals surface area (Å²) in [5.74, 6) is 1.20. The number of likely N-dealkylation sites (tertiary alicyclic amines) is 1. The summed E-state index contributed by atoms with van der Waals surface area (Å²) in [6, 6.07) is 11.4. The van der Waals surface area contributed by atoms with Crippen LogP contribution in [-0.2, 0) is 6.54 Å². The van der Waals surface area contributed by atoms with Crippen LogP contribution in [0.3, 0.4) is 0 Å². The van der Waals surface area contributed by atoms with Gasteiger partial charge in [-0.3, -0.25) is 4.90 Å². The van der Waals surface area contributed by atoms with E-state index in [1.54, 1.807) is 11.0 Å². The Balaban J connectivity index is 1.24. The zero-order valence-corrected chi connectivity index (χ0v) is 20.3. The van der Waals surface area contributed by atoms with E-state index < -0.39 is 0 Å². The smallest absolute Gasteiger partial charge is 0.321 e. The van der Waals surface area contributed by atoms with E-state index in [4.69, 9.17) is 27.9 Å². The quantitative estimate of drug-likeness (QED) is 0.516. The molecule has 7 heteroatoms. The standard InChI is InChI=1S/C25H31Cl2N3O2/c1-17-12-20(26)8-9-22(17)28-25(31)29(2)15-18-13-21(14-18)32-23-7-5-6-19(24(23)27)16-30-10-3-4-11-30/h5-9,12,18,21H,3-4,10-11,13-16H2,1-2H3,(H,28,31). The molecule has 1 N–H and O–H groups in total. The van der Waals surface area contributed by atoms with Gasteiger partial charge >= 0.3 is 6.03 Å². The normalized spacial score (nSPS) is 20.6. The van der Waals surface area contributed by atoms with Crippen LogP contribution in [-0.4, -0.2) is 48.6 Å². The molecule has 2 aromatic carbocycles. The molecule has 2 amide bonds. The first-order chi connectivity index (χ1) is 15.4. The molecular weight excluding hydrogens is 445 g/mol. The second kappa shape index (κ2) is 10.3. The minimum atomic E-state index is -0.113. The van der Waals surface area contributed by atoms with Crippen molar-refractivity contribution < 1.29 is 9.53 Å². The molecule has 0 spiro atoms. The summed E-state index contributed by atoms with van der Waals surface area (Å²) < 4.78 is 6.20. The number of carbonyl (C=O) groups excluding carboxylic acids is 1. The van der Waals surface area contributed by atoms with E-state index in [1.807, 2.05) is 38.2 Å². The van der Waals surface area contributed by atoms with Crippen LogP contribution < -0.4 is 10.1 Å². The number of hydrogen-bond donors (Lipinski definition) is 1. The molecule has 5 nitrogen and oxygen atoms in total. The first-order valence-corrected chi connectivity index (χ1v) is 12.1. The Bertz CT molecular complexity index is 956. The van der Waals surface area contributed by atoms with Crippen LogP contribution in [0.2, 0.25) is 10.0 Å². The first kappa shape index (κ1) is 23.2. The zero-order valence-electron chi connectivity index (χ0n) is 18.7. The highest BCUT2D eigenvalue weighted by molar-refractivity contribution is 6.32. The van der Waals surface area contributed by atoms with Crippen molar-refractivity contribution in [2.45, 2.75) is 45.3 Å². The lowest BCUT2D eigenvalue weighted by Crippen LogP contribution is -2.43. The molecule has 172 valence electrons. The number of rotatable bonds is 7. The minimum absolute atomic E-state index is 0.113. The van der Waals surface area contributed by atoms with Gasteiger partial charge in [0.05, 0.1) is 11.1 Å². The number of nitrogens with zero attached hydrogens (tertiary/aromatic N) is 2. The van der Waals surface area contributed by atoms with Crippen molar-refractivity contribution in [1.29, 1.82) is 0 Å². The lowest BCUT2D eigenvalue weighted by atomic mass is 9.82. The molecule has 1 saturated carbocycles. The molecule has 1 saturated heterocycles. The zero-order chi connectivity index (χ0) is 22.7. The SMILES string of the molecule is Cc1cc(Cl)ccc1NC(=O)N(C)CC1CC(Oc2cccc(CN3CCCC3)c2Cl)C1. The number of carbonyl (C=O) groups is 1. The highest BCUT2D eigenvalue weighted by Crippen LogP contribution is 2.36. The lowest BCUT2D eigenvalue weighted by Gasteiger charge is -2.37. The molecule has 0 atom stereocenters. The summed E-state index contributed by atoms with van der Waals surface area (Å²) >= 11 is 12.6. The molecule has 1 aliphatic carbocycles. The van der Waals surface area contributed by atoms with Crippen LogP contribution in [0.1, 0.15) is 36.8 Å². The maximum atomic E-state index is 12.6. The molecule has 32 heavy (non-hydrogen) atoms. The van der Waals surface area contributed by atoms with Gasteiger partial charge in [-0.05, 0) is 87.0 Å². The summed E-state index contributed by atoms with van der Waals surface area (Å²) in [6.45, 7) is 5.80. The molecule has 0 unspecified atom stereocenters. The van der Waals surface area contributed by atoms with Crippen LogP contribution in [0.25, 0.3) is 0 Å². The molecule has 2 fully saturated rings. The highest BCUT2D eigenvalue weighted by Gasteiger charge is 2.33. The predicted molar refractivity (Wildman–Crippen MR) is 131 cm³/mol. The van der Waals surface area contributed by atoms with Crippen molar-refractivity contribution >= 4 is 34.9 Å². The van der Waals surface area contributed by atoms with Gasteiger partial charge in [0.15, 0.2) is 0 Å². The molecule has 0 radical (unpaired) electrons. The number of urea groups is 1. The van der Waals surface area contributed by atoms with Gasteiger partial charge in [-0.1, -0.05) is 35.3 Å². The number of halogens is 2. The summed E-state index contributed by atoms with van der Waals surface area (Å²) in [5.41, 5.74) is 2.86. The van der Waals surface area contributed by atoms with E-state index >= 15 is 0 Å². The van der Waals surface area contributed by atoms with Crippen molar-refractivity contribution in [2.24, 2.45) is 5.92 Å². The van der Waals surface area contributed by atoms with Crippen LogP contribution in [0.5, 0.6) is 5.75 Å². The van der Waals surface area contributed by atoms with Gasteiger partial charge in [-0.15, -0.1) is 0 Å². The van der Waals surface area contributed by atoms with E-state index in [0.717, 1.165) is 60.1 Å². The topological polar surface area (TPSA) is 44.8 Å². The molecular formula is C25H31Cl2N3O2. The first-order valence-electron chi connectivity index (χ1n) is 11.3. The average molecular weight is 476 g/mol. The van der Waals surface area contributed by atoms with E-state index in [9.17, 15) is 4.79 Å². The van der Waals surface area contributed by atoms with Gasteiger partial charge in [-0.25, -0.2) is 4.79 Å². The van der Waals surface area contributed by atoms with E-state index in [1.165, 1.54) is 12.8 Å². The maximum Gasteiger partial charge on any atom is 0.321 e. The highest BCUT2D eigenvalue weighted by atomic mass is 35.5. The largest absolute Gasteiger partial charge is 0.489 e. The summed E-state index contributed by atoms with van der Waals surface area (Å²) in [4.78, 5) is 16.7. The summed E-state index contributed by atoms with van der Waals surface area (Å²) in [5, 5.41) is 4.36. The Morgan fingerprint density at radius 1 is 1.19 bits per heavy atom. The number of hydrogen-bond acceptors (Lipinski definition) is 3. The maximum absolute atomic E-state index is 12.6. The number of anilines is 1. The van der Waals surface area contributed by atoms with Crippen molar-refractivity contribution in [1.82, 2.24) is 9.80 Å². The Hall–Kier alpha value is -1.95. The van der Waals surface area contributed by atoms with Crippen molar-refractivity contribution in [2.75, 3.05) is 32.0 Å². The molecule has 1 heterocycles. The molecule has 0 aromatic heterocycles. The second-order valence-corrected chi connectivity index (χ2v) is 9.87. The number of amides is 2. The molecule has 1 aliphatic heterocycles. The van der Waals surface area contributed by atoms with Gasteiger partial charge in [0.2, 0.25) is 0 Å². The van der Waals surface area contributed by atoms with Gasteiger partial charge in [0.1, 0.15) is 5.75 Å². The average Bonchev–Trinajstić information content (AvgIpc) is 3.24. The second-order valence-electron chi connectivity index (χ2n) is 9.06. The molecule has 0 bridgehead atoms. The molecule has 4 rings (SSSR count). The fourth-order valence-electron chi connectivity index (χ4n) is 4.50. The minimum Gasteiger partial charge on any atom is -0.489 e. The Kier molecular flexibility index (Phi) is 7.49. The van der Waals surface area contributed by atoms with Crippen LogP contribution in [0.4, 0.5) is 10.5 Å². The number of benzene rings is 2. The van der Waals surface area contributed by atoms with Crippen LogP contribution >= 0.6 is 23.2 Å². The number of ether oxygens (including phenoxy) is 1. The number of nitrogens with one attached hydrogen (secondary N) is 1. The third kappa shape index (κ3) is 5.69. The Labute approximate surface area is 200 Å². The third-order valence-corrected chi connectivity index (χ3v) is 7.09. The predicted octanol–water partition coefficient (Wildman–Crippen LogP) is 6.22. The van der Waals surface area contributed by atoms with Gasteiger partial charge in [0, 0.05) is 30.8 Å². The van der Waals surface area contributed by atoms with Crippen LogP contribution in [0.15, 0.2) is 36.4 Å². The number of aryl methyl sites for hydroxylation is 1.